The van der Waals surface area contributed by atoms with E-state index in [2.05, 4.69) is 22.8 Å². The highest BCUT2D eigenvalue weighted by atomic mass is 15.4. The molecule has 0 amide bonds. The van der Waals surface area contributed by atoms with Gasteiger partial charge in [0, 0.05) is 19.1 Å². The van der Waals surface area contributed by atoms with Crippen LogP contribution in [0.5, 0.6) is 0 Å². The number of hydrogen-bond acceptors (Lipinski definition) is 3. The predicted molar refractivity (Wildman–Crippen MR) is 45.1 cm³/mol. The Morgan fingerprint density at radius 1 is 1.36 bits per heavy atom. The molecule has 2 saturated heterocycles. The van der Waals surface area contributed by atoms with Crippen molar-refractivity contribution in [3.63, 3.8) is 0 Å². The fourth-order valence-electron chi connectivity index (χ4n) is 2.13. The van der Waals surface area contributed by atoms with E-state index in [1.54, 1.807) is 0 Å². The standard InChI is InChI=1S/C8H17N3/c1-11-5-3-7-2-4-9-10-8(7)6-11/h7-10H,2-6H2,1H3. The van der Waals surface area contributed by atoms with Gasteiger partial charge in [0.2, 0.25) is 0 Å². The molecule has 3 heteroatoms. The molecule has 2 N–H and O–H groups in total. The molecule has 2 fully saturated rings. The summed E-state index contributed by atoms with van der Waals surface area (Å²) in [6.07, 6.45) is 2.72. The number of hydrazine groups is 1. The summed E-state index contributed by atoms with van der Waals surface area (Å²) in [7, 11) is 2.20. The van der Waals surface area contributed by atoms with Crippen molar-refractivity contribution in [2.45, 2.75) is 18.9 Å². The van der Waals surface area contributed by atoms with Crippen molar-refractivity contribution >= 4 is 0 Å². The van der Waals surface area contributed by atoms with Crippen molar-refractivity contribution in [2.75, 3.05) is 26.7 Å². The Hall–Kier alpha value is -0.120. The molecule has 0 aromatic carbocycles. The molecular weight excluding hydrogens is 138 g/mol. The van der Waals surface area contributed by atoms with E-state index in [1.165, 1.54) is 25.9 Å². The van der Waals surface area contributed by atoms with Crippen LogP contribution in [-0.4, -0.2) is 37.6 Å². The first kappa shape index (κ1) is 7.53. The summed E-state index contributed by atoms with van der Waals surface area (Å²) in [5.74, 6) is 0.924. The minimum absolute atomic E-state index is 0.697. The molecule has 0 aromatic rings. The lowest BCUT2D eigenvalue weighted by Gasteiger charge is -2.40. The van der Waals surface area contributed by atoms with Crippen molar-refractivity contribution < 1.29 is 0 Å². The highest BCUT2D eigenvalue weighted by molar-refractivity contribution is 4.86. The van der Waals surface area contributed by atoms with Crippen LogP contribution in [0.3, 0.4) is 0 Å². The molecule has 2 atom stereocenters. The van der Waals surface area contributed by atoms with E-state index in [0.29, 0.717) is 6.04 Å². The zero-order valence-electron chi connectivity index (χ0n) is 7.14. The van der Waals surface area contributed by atoms with Gasteiger partial charge >= 0.3 is 0 Å². The molecule has 3 nitrogen and oxygen atoms in total. The molecule has 2 rings (SSSR count). The highest BCUT2D eigenvalue weighted by Crippen LogP contribution is 2.21. The van der Waals surface area contributed by atoms with Crippen molar-refractivity contribution in [2.24, 2.45) is 5.92 Å². The van der Waals surface area contributed by atoms with Gasteiger partial charge in [-0.2, -0.15) is 0 Å². The largest absolute Gasteiger partial charge is 0.305 e. The molecule has 11 heavy (non-hydrogen) atoms. The normalized spacial score (nSPS) is 40.1. The lowest BCUT2D eigenvalue weighted by atomic mass is 9.88. The molecule has 0 radical (unpaired) electrons. The second-order valence-corrected chi connectivity index (χ2v) is 3.78. The highest BCUT2D eigenvalue weighted by Gasteiger charge is 2.29. The lowest BCUT2D eigenvalue weighted by Crippen LogP contribution is -2.58. The summed E-state index contributed by atoms with van der Waals surface area (Å²) in [5.41, 5.74) is 6.59. The molecule has 64 valence electrons. The summed E-state index contributed by atoms with van der Waals surface area (Å²) >= 11 is 0. The van der Waals surface area contributed by atoms with Gasteiger partial charge in [-0.1, -0.05) is 0 Å². The number of rotatable bonds is 0. The van der Waals surface area contributed by atoms with E-state index in [1.807, 2.05) is 0 Å². The summed E-state index contributed by atoms with van der Waals surface area (Å²) in [5, 5.41) is 0. The number of fused-ring (bicyclic) bond motifs is 1. The van der Waals surface area contributed by atoms with Gasteiger partial charge in [-0.05, 0) is 32.4 Å². The van der Waals surface area contributed by atoms with Crippen LogP contribution in [0.25, 0.3) is 0 Å². The quantitative estimate of drug-likeness (QED) is 0.507. The Morgan fingerprint density at radius 3 is 3.18 bits per heavy atom. The Morgan fingerprint density at radius 2 is 2.27 bits per heavy atom. The summed E-state index contributed by atoms with van der Waals surface area (Å²) in [6.45, 7) is 3.63. The smallest absolute Gasteiger partial charge is 0.0369 e. The van der Waals surface area contributed by atoms with Gasteiger partial charge in [0.25, 0.3) is 0 Å². The average molecular weight is 155 g/mol. The van der Waals surface area contributed by atoms with E-state index in [0.717, 1.165) is 12.5 Å². The molecule has 0 aromatic heterocycles. The zero-order valence-corrected chi connectivity index (χ0v) is 7.14. The topological polar surface area (TPSA) is 27.3 Å². The minimum atomic E-state index is 0.697. The van der Waals surface area contributed by atoms with Crippen LogP contribution >= 0.6 is 0 Å². The molecule has 0 aliphatic carbocycles. The van der Waals surface area contributed by atoms with Crippen LogP contribution in [0.4, 0.5) is 0 Å². The third-order valence-corrected chi connectivity index (χ3v) is 2.89. The molecule has 2 aliphatic rings. The average Bonchev–Trinajstić information content (AvgIpc) is 2.04. The Labute approximate surface area is 68.1 Å². The Bertz CT molecular complexity index is 137. The van der Waals surface area contributed by atoms with Crippen molar-refractivity contribution in [3.8, 4) is 0 Å². The summed E-state index contributed by atoms with van der Waals surface area (Å²) < 4.78 is 0. The predicted octanol–water partition coefficient (Wildman–Crippen LogP) is -0.195. The van der Waals surface area contributed by atoms with Gasteiger partial charge in [0.1, 0.15) is 0 Å². The second kappa shape index (κ2) is 3.09. The van der Waals surface area contributed by atoms with Gasteiger partial charge in [-0.3, -0.25) is 10.9 Å². The molecule has 2 unspecified atom stereocenters. The fourth-order valence-corrected chi connectivity index (χ4v) is 2.13. The van der Waals surface area contributed by atoms with E-state index in [4.69, 9.17) is 0 Å². The van der Waals surface area contributed by atoms with Gasteiger partial charge in [0.15, 0.2) is 0 Å². The van der Waals surface area contributed by atoms with Crippen LogP contribution in [0.15, 0.2) is 0 Å². The van der Waals surface area contributed by atoms with Crippen LogP contribution in [0, 0.1) is 5.92 Å². The fraction of sp³-hybridized carbons (Fsp3) is 1.00. The number of likely N-dealkylation sites (N-methyl/N-ethyl adjacent to an activating group) is 1. The summed E-state index contributed by atoms with van der Waals surface area (Å²) in [4.78, 5) is 2.40. The van der Waals surface area contributed by atoms with Crippen molar-refractivity contribution in [1.29, 1.82) is 0 Å². The number of nitrogens with zero attached hydrogens (tertiary/aromatic N) is 1. The van der Waals surface area contributed by atoms with Gasteiger partial charge in [0.05, 0.1) is 0 Å². The number of likely N-dealkylation sites (tertiary alicyclic amines) is 1. The molecule has 2 aliphatic heterocycles. The molecule has 0 spiro atoms. The minimum Gasteiger partial charge on any atom is -0.305 e. The maximum Gasteiger partial charge on any atom is 0.0369 e. The summed E-state index contributed by atoms with van der Waals surface area (Å²) in [6, 6.07) is 0.697. The van der Waals surface area contributed by atoms with Crippen LogP contribution in [-0.2, 0) is 0 Å². The molecule has 0 bridgehead atoms. The van der Waals surface area contributed by atoms with Crippen molar-refractivity contribution in [1.82, 2.24) is 15.8 Å². The van der Waals surface area contributed by atoms with Crippen LogP contribution in [0.2, 0.25) is 0 Å². The molecule has 2 heterocycles. The van der Waals surface area contributed by atoms with E-state index in [9.17, 15) is 0 Å². The van der Waals surface area contributed by atoms with Gasteiger partial charge in [-0.25, -0.2) is 0 Å². The number of hydrogen-bond donors (Lipinski definition) is 2. The maximum absolute atomic E-state index is 3.36. The van der Waals surface area contributed by atoms with Crippen molar-refractivity contribution in [3.05, 3.63) is 0 Å². The Kier molecular flexibility index (Phi) is 2.11. The van der Waals surface area contributed by atoms with E-state index in [-0.39, 0.29) is 0 Å². The Balaban J connectivity index is 1.93. The van der Waals surface area contributed by atoms with E-state index >= 15 is 0 Å². The first-order chi connectivity index (χ1) is 5.36. The van der Waals surface area contributed by atoms with E-state index < -0.39 is 0 Å². The first-order valence-electron chi connectivity index (χ1n) is 4.53. The molecule has 0 saturated carbocycles. The number of piperidine rings is 1. The van der Waals surface area contributed by atoms with Gasteiger partial charge < -0.3 is 4.90 Å². The lowest BCUT2D eigenvalue weighted by molar-refractivity contribution is 0.123. The third kappa shape index (κ3) is 1.55. The second-order valence-electron chi connectivity index (χ2n) is 3.78. The zero-order chi connectivity index (χ0) is 7.68. The number of nitrogens with one attached hydrogen (secondary N) is 2. The van der Waals surface area contributed by atoms with Gasteiger partial charge in [-0.15, -0.1) is 0 Å². The third-order valence-electron chi connectivity index (χ3n) is 2.89. The van der Waals surface area contributed by atoms with Crippen LogP contribution < -0.4 is 10.9 Å². The molecular formula is C8H17N3. The van der Waals surface area contributed by atoms with Crippen LogP contribution in [0.1, 0.15) is 12.8 Å². The maximum atomic E-state index is 3.36. The monoisotopic (exact) mass is 155 g/mol. The SMILES string of the molecule is CN1CCC2CCNNC2C1. The first-order valence-corrected chi connectivity index (χ1v) is 4.53.